The Bertz CT molecular complexity index is 86.8. The van der Waals surface area contributed by atoms with Gasteiger partial charge in [0.05, 0.1) is 12.5 Å². The molecule has 0 amide bonds. The van der Waals surface area contributed by atoms with Crippen molar-refractivity contribution in [2.45, 2.75) is 19.8 Å². The molecule has 0 aliphatic carbocycles. The van der Waals surface area contributed by atoms with E-state index in [9.17, 15) is 0 Å². The minimum absolute atomic E-state index is 0.549. The molecule has 0 spiro atoms. The van der Waals surface area contributed by atoms with Gasteiger partial charge in [-0.2, -0.15) is 5.26 Å². The Morgan fingerprint density at radius 3 is 2.71 bits per heavy atom. The van der Waals surface area contributed by atoms with Crippen molar-refractivity contribution in [3.63, 3.8) is 0 Å². The third kappa shape index (κ3) is 5.23. The summed E-state index contributed by atoms with van der Waals surface area (Å²) in [5, 5.41) is 7.99. The van der Waals surface area contributed by atoms with Gasteiger partial charge in [0.15, 0.2) is 0 Å². The lowest BCUT2D eigenvalue weighted by Gasteiger charge is -1.71. The van der Waals surface area contributed by atoms with Gasteiger partial charge in [-0.05, 0) is 6.42 Å². The molecule has 0 aliphatic rings. The molecule has 0 aromatic heterocycles. The molecule has 0 N–H and O–H groups in total. The molecule has 0 radical (unpaired) electrons. The van der Waals surface area contributed by atoms with Crippen LogP contribution in [-0.4, -0.2) is 0 Å². The summed E-state index contributed by atoms with van der Waals surface area (Å²) < 4.78 is 0. The molecule has 0 rings (SSSR count). The average Bonchev–Trinajstić information content (AvgIpc) is 1.69. The molecule has 0 heterocycles. The monoisotopic (exact) mass is 95.1 g/mol. The summed E-state index contributed by atoms with van der Waals surface area (Å²) in [6.45, 7) is 2.05. The predicted octanol–water partition coefficient (Wildman–Crippen LogP) is 1.87. The average molecular weight is 95.1 g/mol. The van der Waals surface area contributed by atoms with Crippen molar-refractivity contribution >= 4 is 0 Å². The third-order valence-corrected chi connectivity index (χ3v) is 0.612. The Morgan fingerprint density at radius 1 is 1.57 bits per heavy atom. The second kappa shape index (κ2) is 5.23. The first kappa shape index (κ1) is 6.23. The third-order valence-electron chi connectivity index (χ3n) is 0.612. The van der Waals surface area contributed by atoms with Crippen LogP contribution in [0.15, 0.2) is 12.2 Å². The fourth-order valence-corrected chi connectivity index (χ4v) is 0.303. The summed E-state index contributed by atoms with van der Waals surface area (Å²) in [6.07, 6.45) is 5.44. The van der Waals surface area contributed by atoms with Crippen LogP contribution >= 0.6 is 0 Å². The van der Waals surface area contributed by atoms with Crippen LogP contribution in [0, 0.1) is 11.3 Å². The van der Waals surface area contributed by atoms with E-state index in [2.05, 4.69) is 0 Å². The van der Waals surface area contributed by atoms with Crippen LogP contribution in [0.5, 0.6) is 0 Å². The molecule has 0 saturated carbocycles. The van der Waals surface area contributed by atoms with E-state index >= 15 is 0 Å². The normalized spacial score (nSPS) is 9.14. The fraction of sp³-hybridized carbons (Fsp3) is 0.500. The second-order valence-electron chi connectivity index (χ2n) is 1.24. The van der Waals surface area contributed by atoms with Crippen LogP contribution in [0.1, 0.15) is 19.8 Å². The molecule has 38 valence electrons. The summed E-state index contributed by atoms with van der Waals surface area (Å²) >= 11 is 0. The standard InChI is InChI=1S/C6H9N/c1-2-3-4-5-6-7/h3-4H,2,5H2,1H3. The molecule has 0 atom stereocenters. The molecule has 1 nitrogen and oxygen atoms in total. The van der Waals surface area contributed by atoms with Gasteiger partial charge in [0.1, 0.15) is 0 Å². The minimum atomic E-state index is 0.549. The van der Waals surface area contributed by atoms with Gasteiger partial charge >= 0.3 is 0 Å². The first-order valence-corrected chi connectivity index (χ1v) is 2.43. The maximum Gasteiger partial charge on any atom is 0.0663 e. The van der Waals surface area contributed by atoms with Crippen molar-refractivity contribution in [2.75, 3.05) is 0 Å². The first-order valence-electron chi connectivity index (χ1n) is 2.43. The van der Waals surface area contributed by atoms with Gasteiger partial charge in [0, 0.05) is 0 Å². The van der Waals surface area contributed by atoms with Crippen molar-refractivity contribution in [1.82, 2.24) is 0 Å². The molecule has 1 heteroatoms. The molecule has 7 heavy (non-hydrogen) atoms. The zero-order valence-electron chi connectivity index (χ0n) is 4.52. The number of rotatable bonds is 2. The van der Waals surface area contributed by atoms with E-state index < -0.39 is 0 Å². The summed E-state index contributed by atoms with van der Waals surface area (Å²) in [6, 6.07) is 2.02. The Hall–Kier alpha value is -0.770. The van der Waals surface area contributed by atoms with E-state index in [1.807, 2.05) is 25.1 Å². The maximum atomic E-state index is 7.99. The van der Waals surface area contributed by atoms with Crippen molar-refractivity contribution in [1.29, 1.82) is 5.26 Å². The van der Waals surface area contributed by atoms with Crippen molar-refractivity contribution < 1.29 is 0 Å². The van der Waals surface area contributed by atoms with Crippen molar-refractivity contribution in [3.05, 3.63) is 12.2 Å². The summed E-state index contributed by atoms with van der Waals surface area (Å²) in [5.74, 6) is 0. The quantitative estimate of drug-likeness (QED) is 0.480. The van der Waals surface area contributed by atoms with Crippen LogP contribution < -0.4 is 0 Å². The predicted molar refractivity (Wildman–Crippen MR) is 29.7 cm³/mol. The van der Waals surface area contributed by atoms with Crippen LogP contribution in [0.4, 0.5) is 0 Å². The Kier molecular flexibility index (Phi) is 4.65. The number of nitrogens with zero attached hydrogens (tertiary/aromatic N) is 1. The Morgan fingerprint density at radius 2 is 2.29 bits per heavy atom. The largest absolute Gasteiger partial charge is 0.198 e. The topological polar surface area (TPSA) is 23.8 Å². The molecule has 0 fully saturated rings. The van der Waals surface area contributed by atoms with Gasteiger partial charge in [-0.3, -0.25) is 0 Å². The molecule has 0 unspecified atom stereocenters. The number of hydrogen-bond acceptors (Lipinski definition) is 1. The second-order valence-corrected chi connectivity index (χ2v) is 1.24. The molecular weight excluding hydrogens is 86.1 g/mol. The molecular formula is C6H9N. The Labute approximate surface area is 44.3 Å². The number of nitriles is 1. The zero-order valence-corrected chi connectivity index (χ0v) is 4.52. The lowest BCUT2D eigenvalue weighted by molar-refractivity contribution is 1.20. The van der Waals surface area contributed by atoms with Crippen LogP contribution in [-0.2, 0) is 0 Å². The lowest BCUT2D eigenvalue weighted by Crippen LogP contribution is -1.54. The van der Waals surface area contributed by atoms with Crippen LogP contribution in [0.25, 0.3) is 0 Å². The van der Waals surface area contributed by atoms with E-state index in [1.165, 1.54) is 0 Å². The molecule has 0 aromatic carbocycles. The molecule has 0 aliphatic heterocycles. The lowest BCUT2D eigenvalue weighted by atomic mass is 10.3. The molecule has 0 aromatic rings. The van der Waals surface area contributed by atoms with E-state index in [0.29, 0.717) is 6.42 Å². The number of hydrogen-bond donors (Lipinski definition) is 0. The highest BCUT2D eigenvalue weighted by molar-refractivity contribution is 4.89. The summed E-state index contributed by atoms with van der Waals surface area (Å²) in [7, 11) is 0. The van der Waals surface area contributed by atoms with Crippen molar-refractivity contribution in [3.8, 4) is 6.07 Å². The van der Waals surface area contributed by atoms with E-state index in [4.69, 9.17) is 5.26 Å². The highest BCUT2D eigenvalue weighted by Gasteiger charge is 1.65. The van der Waals surface area contributed by atoms with E-state index in [-0.39, 0.29) is 0 Å². The van der Waals surface area contributed by atoms with Crippen molar-refractivity contribution in [2.24, 2.45) is 0 Å². The molecule has 0 saturated heterocycles. The Balaban J connectivity index is 2.97. The minimum Gasteiger partial charge on any atom is -0.198 e. The van der Waals surface area contributed by atoms with Gasteiger partial charge in [0.25, 0.3) is 0 Å². The van der Waals surface area contributed by atoms with Gasteiger partial charge in [-0.1, -0.05) is 19.1 Å². The smallest absolute Gasteiger partial charge is 0.0663 e. The fourth-order valence-electron chi connectivity index (χ4n) is 0.303. The van der Waals surface area contributed by atoms with Crippen LogP contribution in [0.2, 0.25) is 0 Å². The summed E-state index contributed by atoms with van der Waals surface area (Å²) in [5.41, 5.74) is 0. The molecule has 0 bridgehead atoms. The SMILES string of the molecule is CCC=CCC#N. The van der Waals surface area contributed by atoms with Gasteiger partial charge in [-0.15, -0.1) is 0 Å². The van der Waals surface area contributed by atoms with Gasteiger partial charge in [0.2, 0.25) is 0 Å². The first-order chi connectivity index (χ1) is 3.41. The van der Waals surface area contributed by atoms with Crippen LogP contribution in [0.3, 0.4) is 0 Å². The van der Waals surface area contributed by atoms with Gasteiger partial charge in [-0.25, -0.2) is 0 Å². The number of allylic oxidation sites excluding steroid dienone is 2. The van der Waals surface area contributed by atoms with Gasteiger partial charge < -0.3 is 0 Å². The van der Waals surface area contributed by atoms with E-state index in [0.717, 1.165) is 6.42 Å². The summed E-state index contributed by atoms with van der Waals surface area (Å²) in [4.78, 5) is 0. The highest BCUT2D eigenvalue weighted by Crippen LogP contribution is 1.81. The highest BCUT2D eigenvalue weighted by atomic mass is 14.2. The maximum absolute atomic E-state index is 7.99. The zero-order chi connectivity index (χ0) is 5.54. The van der Waals surface area contributed by atoms with E-state index in [1.54, 1.807) is 0 Å².